The van der Waals surface area contributed by atoms with Crippen LogP contribution in [0.1, 0.15) is 60.7 Å². The van der Waals surface area contributed by atoms with Crippen molar-refractivity contribution in [2.75, 3.05) is 6.61 Å². The van der Waals surface area contributed by atoms with Crippen molar-refractivity contribution >= 4 is 16.7 Å². The molecule has 4 nitrogen and oxygen atoms in total. The second-order valence-electron chi connectivity index (χ2n) is 7.21. The number of benzene rings is 1. The monoisotopic (exact) mass is 366 g/mol. The standard InChI is InChI=1S/C19H21F3N2O2/c20-19(21,22)10-12-4-3-5-13-14(18(12)25)7-8-16-15(13)11-23-24(16)17-6-1-2-9-26-17/h7-8,11-12,17H,1-6,9-10H2. The zero-order chi connectivity index (χ0) is 18.3. The Morgan fingerprint density at radius 3 is 2.77 bits per heavy atom. The average Bonchev–Trinajstić information content (AvgIpc) is 2.98. The number of nitrogens with zero attached hydrogens (tertiary/aromatic N) is 2. The van der Waals surface area contributed by atoms with E-state index in [1.165, 1.54) is 0 Å². The molecule has 2 atom stereocenters. The smallest absolute Gasteiger partial charge is 0.356 e. The molecule has 0 spiro atoms. The lowest BCUT2D eigenvalue weighted by atomic mass is 9.91. The van der Waals surface area contributed by atoms with E-state index in [4.69, 9.17) is 4.74 Å². The van der Waals surface area contributed by atoms with Crippen LogP contribution in [-0.4, -0.2) is 28.3 Å². The molecule has 1 aromatic carbocycles. The molecular formula is C19H21F3N2O2. The van der Waals surface area contributed by atoms with Gasteiger partial charge in [0.2, 0.25) is 0 Å². The van der Waals surface area contributed by atoms with E-state index in [0.29, 0.717) is 25.0 Å². The van der Waals surface area contributed by atoms with Crippen molar-refractivity contribution in [3.8, 4) is 0 Å². The molecule has 1 aliphatic heterocycles. The molecule has 1 saturated heterocycles. The van der Waals surface area contributed by atoms with Gasteiger partial charge < -0.3 is 4.74 Å². The Morgan fingerprint density at radius 2 is 2.04 bits per heavy atom. The normalized spacial score (nSPS) is 24.5. The number of fused-ring (bicyclic) bond motifs is 3. The molecule has 2 heterocycles. The maximum atomic E-state index is 12.8. The Morgan fingerprint density at radius 1 is 1.19 bits per heavy atom. The maximum Gasteiger partial charge on any atom is 0.389 e. The highest BCUT2D eigenvalue weighted by atomic mass is 19.4. The van der Waals surface area contributed by atoms with E-state index in [1.54, 1.807) is 18.3 Å². The topological polar surface area (TPSA) is 44.1 Å². The highest BCUT2D eigenvalue weighted by molar-refractivity contribution is 6.03. The van der Waals surface area contributed by atoms with Crippen LogP contribution in [0.4, 0.5) is 13.2 Å². The van der Waals surface area contributed by atoms with Crippen LogP contribution in [0.3, 0.4) is 0 Å². The summed E-state index contributed by atoms with van der Waals surface area (Å²) in [5, 5.41) is 5.32. The first kappa shape index (κ1) is 17.5. The molecule has 0 saturated carbocycles. The van der Waals surface area contributed by atoms with Gasteiger partial charge in [0.25, 0.3) is 0 Å². The lowest BCUT2D eigenvalue weighted by molar-refractivity contribution is -0.141. The van der Waals surface area contributed by atoms with Gasteiger partial charge in [-0.3, -0.25) is 4.79 Å². The fourth-order valence-electron chi connectivity index (χ4n) is 4.17. The number of rotatable bonds is 2. The van der Waals surface area contributed by atoms with E-state index in [2.05, 4.69) is 5.10 Å². The minimum atomic E-state index is -4.32. The number of carbonyl (C=O) groups excluding carboxylic acids is 1. The second-order valence-corrected chi connectivity index (χ2v) is 7.21. The Labute approximate surface area is 149 Å². The highest BCUT2D eigenvalue weighted by Gasteiger charge is 2.37. The minimum absolute atomic E-state index is 0.112. The Bertz CT molecular complexity index is 822. The largest absolute Gasteiger partial charge is 0.389 e. The molecule has 0 N–H and O–H groups in total. The first-order chi connectivity index (χ1) is 12.4. The first-order valence-corrected chi connectivity index (χ1v) is 9.16. The summed E-state index contributed by atoms with van der Waals surface area (Å²) in [7, 11) is 0. The number of hydrogen-bond acceptors (Lipinski definition) is 3. The van der Waals surface area contributed by atoms with Crippen molar-refractivity contribution in [2.24, 2.45) is 5.92 Å². The van der Waals surface area contributed by atoms with E-state index in [9.17, 15) is 18.0 Å². The summed E-state index contributed by atoms with van der Waals surface area (Å²) >= 11 is 0. The Kier molecular flexibility index (Phi) is 4.50. The Balaban J connectivity index is 1.71. The van der Waals surface area contributed by atoms with Gasteiger partial charge in [0, 0.05) is 23.5 Å². The van der Waals surface area contributed by atoms with E-state index < -0.39 is 24.3 Å². The average molecular weight is 366 g/mol. The van der Waals surface area contributed by atoms with Crippen molar-refractivity contribution in [3.05, 3.63) is 29.5 Å². The van der Waals surface area contributed by atoms with Crippen LogP contribution < -0.4 is 0 Å². The molecule has 7 heteroatoms. The number of halogens is 3. The molecule has 0 radical (unpaired) electrons. The third-order valence-electron chi connectivity index (χ3n) is 5.41. The van der Waals surface area contributed by atoms with Gasteiger partial charge in [-0.1, -0.05) is 0 Å². The second kappa shape index (κ2) is 6.68. The van der Waals surface area contributed by atoms with Crippen LogP contribution >= 0.6 is 0 Å². The van der Waals surface area contributed by atoms with Gasteiger partial charge in [-0.15, -0.1) is 0 Å². The van der Waals surface area contributed by atoms with Gasteiger partial charge in [-0.2, -0.15) is 18.3 Å². The number of hydrogen-bond donors (Lipinski definition) is 0. The van der Waals surface area contributed by atoms with E-state index in [1.807, 2.05) is 4.68 Å². The molecule has 0 amide bonds. The number of ketones is 1. The number of ether oxygens (including phenoxy) is 1. The number of carbonyl (C=O) groups is 1. The van der Waals surface area contributed by atoms with E-state index in [0.717, 1.165) is 35.7 Å². The lowest BCUT2D eigenvalue weighted by Gasteiger charge is -2.23. The van der Waals surface area contributed by atoms with Crippen LogP contribution in [0.15, 0.2) is 18.3 Å². The van der Waals surface area contributed by atoms with Crippen molar-refractivity contribution in [1.82, 2.24) is 9.78 Å². The zero-order valence-corrected chi connectivity index (χ0v) is 14.4. The highest BCUT2D eigenvalue weighted by Crippen LogP contribution is 2.36. The van der Waals surface area contributed by atoms with E-state index in [-0.39, 0.29) is 12.6 Å². The Hall–Kier alpha value is -1.89. The van der Waals surface area contributed by atoms with Crippen LogP contribution in [0.25, 0.3) is 10.9 Å². The predicted molar refractivity (Wildman–Crippen MR) is 90.0 cm³/mol. The van der Waals surface area contributed by atoms with Crippen LogP contribution in [0.5, 0.6) is 0 Å². The summed E-state index contributed by atoms with van der Waals surface area (Å²) in [5.74, 6) is -1.37. The van der Waals surface area contributed by atoms with Crippen molar-refractivity contribution in [3.63, 3.8) is 0 Å². The number of aryl methyl sites for hydroxylation is 1. The zero-order valence-electron chi connectivity index (χ0n) is 14.4. The van der Waals surface area contributed by atoms with Crippen LogP contribution in [-0.2, 0) is 11.2 Å². The fourth-order valence-corrected chi connectivity index (χ4v) is 4.17. The van der Waals surface area contributed by atoms with Crippen molar-refractivity contribution in [2.45, 2.75) is 57.3 Å². The molecule has 1 fully saturated rings. The molecule has 26 heavy (non-hydrogen) atoms. The molecule has 0 bridgehead atoms. The van der Waals surface area contributed by atoms with Crippen molar-refractivity contribution < 1.29 is 22.7 Å². The molecular weight excluding hydrogens is 345 g/mol. The van der Waals surface area contributed by atoms with Gasteiger partial charge in [-0.05, 0) is 56.2 Å². The van der Waals surface area contributed by atoms with Gasteiger partial charge in [-0.25, -0.2) is 4.68 Å². The molecule has 2 unspecified atom stereocenters. The summed E-state index contributed by atoms with van der Waals surface area (Å²) in [6.07, 6.45) is 0.705. The number of Topliss-reactive ketones (excluding diaryl/α,β-unsaturated/α-hetero) is 1. The van der Waals surface area contributed by atoms with Gasteiger partial charge in [0.05, 0.1) is 18.1 Å². The van der Waals surface area contributed by atoms with Crippen LogP contribution in [0.2, 0.25) is 0 Å². The van der Waals surface area contributed by atoms with Gasteiger partial charge >= 0.3 is 6.18 Å². The summed E-state index contributed by atoms with van der Waals surface area (Å²) < 4.78 is 46.1. The first-order valence-electron chi connectivity index (χ1n) is 9.16. The van der Waals surface area contributed by atoms with E-state index >= 15 is 0 Å². The third-order valence-corrected chi connectivity index (χ3v) is 5.41. The van der Waals surface area contributed by atoms with Crippen molar-refractivity contribution in [1.29, 1.82) is 0 Å². The molecule has 4 rings (SSSR count). The minimum Gasteiger partial charge on any atom is -0.356 e. The van der Waals surface area contributed by atoms with Gasteiger partial charge in [0.15, 0.2) is 12.0 Å². The molecule has 140 valence electrons. The van der Waals surface area contributed by atoms with Crippen LogP contribution in [0, 0.1) is 5.92 Å². The summed E-state index contributed by atoms with van der Waals surface area (Å²) in [6.45, 7) is 0.703. The summed E-state index contributed by atoms with van der Waals surface area (Å²) in [6, 6.07) is 3.47. The maximum absolute atomic E-state index is 12.8. The number of aromatic nitrogens is 2. The summed E-state index contributed by atoms with van der Waals surface area (Å²) in [5.41, 5.74) is 2.14. The quantitative estimate of drug-likeness (QED) is 0.716. The van der Waals surface area contributed by atoms with Gasteiger partial charge in [0.1, 0.15) is 0 Å². The molecule has 2 aromatic rings. The predicted octanol–water partition coefficient (Wildman–Crippen LogP) is 4.82. The molecule has 1 aromatic heterocycles. The molecule has 2 aliphatic rings. The third kappa shape index (κ3) is 3.24. The fraction of sp³-hybridized carbons (Fsp3) is 0.579. The summed E-state index contributed by atoms with van der Waals surface area (Å²) in [4.78, 5) is 12.7. The molecule has 1 aliphatic carbocycles. The lowest BCUT2D eigenvalue weighted by Crippen LogP contribution is -2.22. The number of alkyl halides is 3. The SMILES string of the molecule is O=C1c2ccc3c(cnn3C3CCCCO3)c2CCCC1CC(F)(F)F.